The van der Waals surface area contributed by atoms with E-state index in [0.29, 0.717) is 0 Å². The van der Waals surface area contributed by atoms with Crippen molar-refractivity contribution >= 4 is 0 Å². The number of hydrogen-bond acceptors (Lipinski definition) is 2. The van der Waals surface area contributed by atoms with Crippen molar-refractivity contribution in [3.05, 3.63) is 59.2 Å². The molecule has 1 aliphatic rings. The van der Waals surface area contributed by atoms with E-state index in [-0.39, 0.29) is 0 Å². The Morgan fingerprint density at radius 3 is 2.67 bits per heavy atom. The number of hydrogen-bond donors (Lipinski definition) is 1. The van der Waals surface area contributed by atoms with Crippen LogP contribution < -0.4 is 5.32 Å². The SMILES string of the molecule is N#Cc1cc2c(cc1-c1ccccc1)CNCC2. The maximum Gasteiger partial charge on any atom is 0.0998 e. The lowest BCUT2D eigenvalue weighted by atomic mass is 9.91. The molecule has 0 unspecified atom stereocenters. The van der Waals surface area contributed by atoms with Gasteiger partial charge in [-0.05, 0) is 47.4 Å². The summed E-state index contributed by atoms with van der Waals surface area (Å²) in [6.07, 6.45) is 1.01. The van der Waals surface area contributed by atoms with Gasteiger partial charge in [-0.2, -0.15) is 5.26 Å². The topological polar surface area (TPSA) is 35.8 Å². The van der Waals surface area contributed by atoms with E-state index in [1.165, 1.54) is 11.1 Å². The summed E-state index contributed by atoms with van der Waals surface area (Å²) in [6.45, 7) is 1.91. The third-order valence-electron chi connectivity index (χ3n) is 3.43. The number of nitrogens with zero attached hydrogens (tertiary/aromatic N) is 1. The van der Waals surface area contributed by atoms with Gasteiger partial charge in [0.25, 0.3) is 0 Å². The van der Waals surface area contributed by atoms with Crippen LogP contribution in [0.15, 0.2) is 42.5 Å². The van der Waals surface area contributed by atoms with Crippen LogP contribution in [0, 0.1) is 11.3 Å². The highest BCUT2D eigenvalue weighted by Gasteiger charge is 2.13. The van der Waals surface area contributed by atoms with E-state index in [2.05, 4.69) is 35.7 Å². The molecule has 0 amide bonds. The van der Waals surface area contributed by atoms with Gasteiger partial charge in [0.05, 0.1) is 11.6 Å². The minimum Gasteiger partial charge on any atom is -0.312 e. The highest BCUT2D eigenvalue weighted by atomic mass is 14.9. The van der Waals surface area contributed by atoms with Crippen molar-refractivity contribution < 1.29 is 0 Å². The molecule has 18 heavy (non-hydrogen) atoms. The van der Waals surface area contributed by atoms with E-state index in [4.69, 9.17) is 0 Å². The molecule has 1 aliphatic heterocycles. The van der Waals surface area contributed by atoms with Gasteiger partial charge in [-0.1, -0.05) is 30.3 Å². The Morgan fingerprint density at radius 1 is 1.06 bits per heavy atom. The molecular formula is C16H14N2. The summed E-state index contributed by atoms with van der Waals surface area (Å²) >= 11 is 0. The summed E-state index contributed by atoms with van der Waals surface area (Å²) in [7, 11) is 0. The molecule has 0 aliphatic carbocycles. The highest BCUT2D eigenvalue weighted by molar-refractivity contribution is 5.72. The predicted molar refractivity (Wildman–Crippen MR) is 72.0 cm³/mol. The Morgan fingerprint density at radius 2 is 1.89 bits per heavy atom. The quantitative estimate of drug-likeness (QED) is 0.823. The van der Waals surface area contributed by atoms with Gasteiger partial charge in [-0.3, -0.25) is 0 Å². The van der Waals surface area contributed by atoms with Crippen LogP contribution in [0.3, 0.4) is 0 Å². The Bertz CT molecular complexity index is 609. The molecule has 88 valence electrons. The van der Waals surface area contributed by atoms with Gasteiger partial charge in [-0.25, -0.2) is 0 Å². The van der Waals surface area contributed by atoms with E-state index in [1.54, 1.807) is 0 Å². The van der Waals surface area contributed by atoms with Gasteiger partial charge in [-0.15, -0.1) is 0 Å². The molecule has 0 saturated heterocycles. The van der Waals surface area contributed by atoms with Crippen LogP contribution in [0.1, 0.15) is 16.7 Å². The van der Waals surface area contributed by atoms with E-state index >= 15 is 0 Å². The first-order chi connectivity index (χ1) is 8.88. The first-order valence-electron chi connectivity index (χ1n) is 6.20. The number of rotatable bonds is 1. The second-order valence-electron chi connectivity index (χ2n) is 4.57. The van der Waals surface area contributed by atoms with Crippen LogP contribution in [0.25, 0.3) is 11.1 Å². The molecule has 0 spiro atoms. The first kappa shape index (κ1) is 11.0. The minimum absolute atomic E-state index is 0.779. The average Bonchev–Trinajstić information content (AvgIpc) is 2.46. The molecular weight excluding hydrogens is 220 g/mol. The third-order valence-corrected chi connectivity index (χ3v) is 3.43. The molecule has 2 aromatic carbocycles. The van der Waals surface area contributed by atoms with E-state index < -0.39 is 0 Å². The van der Waals surface area contributed by atoms with Crippen molar-refractivity contribution in [2.75, 3.05) is 6.54 Å². The maximum atomic E-state index is 9.32. The average molecular weight is 234 g/mol. The standard InChI is InChI=1S/C16H14N2/c17-10-14-8-13-6-7-18-11-15(13)9-16(14)12-4-2-1-3-5-12/h1-5,8-9,18H,6-7,11H2. The van der Waals surface area contributed by atoms with Gasteiger partial charge in [0.2, 0.25) is 0 Å². The molecule has 2 heteroatoms. The zero-order valence-corrected chi connectivity index (χ0v) is 10.1. The van der Waals surface area contributed by atoms with Crippen LogP contribution in [0.2, 0.25) is 0 Å². The second-order valence-corrected chi connectivity index (χ2v) is 4.57. The lowest BCUT2D eigenvalue weighted by molar-refractivity contribution is 0.644. The molecule has 3 rings (SSSR count). The molecule has 1 N–H and O–H groups in total. The monoisotopic (exact) mass is 234 g/mol. The smallest absolute Gasteiger partial charge is 0.0998 e. The van der Waals surface area contributed by atoms with Crippen LogP contribution in [0.5, 0.6) is 0 Å². The van der Waals surface area contributed by atoms with Crippen LogP contribution in [-0.4, -0.2) is 6.54 Å². The van der Waals surface area contributed by atoms with Crippen molar-refractivity contribution in [1.29, 1.82) is 5.26 Å². The number of nitriles is 1. The third kappa shape index (κ3) is 1.90. The summed E-state index contributed by atoms with van der Waals surface area (Å²) < 4.78 is 0. The molecule has 2 aromatic rings. The van der Waals surface area contributed by atoms with E-state index in [9.17, 15) is 5.26 Å². The van der Waals surface area contributed by atoms with Gasteiger partial charge in [0.1, 0.15) is 0 Å². The zero-order chi connectivity index (χ0) is 12.4. The lowest BCUT2D eigenvalue weighted by Crippen LogP contribution is -2.23. The highest BCUT2D eigenvalue weighted by Crippen LogP contribution is 2.28. The molecule has 0 radical (unpaired) electrons. The molecule has 0 aromatic heterocycles. The van der Waals surface area contributed by atoms with Crippen molar-refractivity contribution in [3.63, 3.8) is 0 Å². The normalized spacial score (nSPS) is 13.7. The van der Waals surface area contributed by atoms with Crippen molar-refractivity contribution in [1.82, 2.24) is 5.32 Å². The van der Waals surface area contributed by atoms with Gasteiger partial charge >= 0.3 is 0 Å². The van der Waals surface area contributed by atoms with Gasteiger partial charge < -0.3 is 5.32 Å². The van der Waals surface area contributed by atoms with Crippen LogP contribution >= 0.6 is 0 Å². The summed E-state index contributed by atoms with van der Waals surface area (Å²) in [4.78, 5) is 0. The van der Waals surface area contributed by atoms with Gasteiger partial charge in [0, 0.05) is 6.54 Å². The minimum atomic E-state index is 0.779. The fourth-order valence-electron chi connectivity index (χ4n) is 2.48. The molecule has 0 fully saturated rings. The molecule has 2 nitrogen and oxygen atoms in total. The van der Waals surface area contributed by atoms with Crippen molar-refractivity contribution in [3.8, 4) is 17.2 Å². The number of nitrogens with one attached hydrogen (secondary N) is 1. The number of fused-ring (bicyclic) bond motifs is 1. The Kier molecular flexibility index (Phi) is 2.84. The molecule has 0 atom stereocenters. The Hall–Kier alpha value is -2.11. The maximum absolute atomic E-state index is 9.32. The van der Waals surface area contributed by atoms with E-state index in [0.717, 1.165) is 36.2 Å². The van der Waals surface area contributed by atoms with Crippen LogP contribution in [-0.2, 0) is 13.0 Å². The summed E-state index contributed by atoms with van der Waals surface area (Å²) in [5.74, 6) is 0. The number of benzene rings is 2. The zero-order valence-electron chi connectivity index (χ0n) is 10.1. The fraction of sp³-hybridized carbons (Fsp3) is 0.188. The van der Waals surface area contributed by atoms with Crippen LogP contribution in [0.4, 0.5) is 0 Å². The fourth-order valence-corrected chi connectivity index (χ4v) is 2.48. The first-order valence-corrected chi connectivity index (χ1v) is 6.20. The summed E-state index contributed by atoms with van der Waals surface area (Å²) in [5, 5.41) is 12.7. The molecule has 0 saturated carbocycles. The summed E-state index contributed by atoms with van der Waals surface area (Å²) in [5.41, 5.74) is 5.56. The second kappa shape index (κ2) is 4.64. The predicted octanol–water partition coefficient (Wildman–Crippen LogP) is 2.87. The van der Waals surface area contributed by atoms with Crippen molar-refractivity contribution in [2.45, 2.75) is 13.0 Å². The Labute approximate surface area is 107 Å². The van der Waals surface area contributed by atoms with Gasteiger partial charge in [0.15, 0.2) is 0 Å². The van der Waals surface area contributed by atoms with E-state index in [1.807, 2.05) is 18.2 Å². The molecule has 0 bridgehead atoms. The molecule has 1 heterocycles. The summed E-state index contributed by atoms with van der Waals surface area (Å²) in [6, 6.07) is 16.7. The Balaban J connectivity index is 2.17. The van der Waals surface area contributed by atoms with Crippen molar-refractivity contribution in [2.24, 2.45) is 0 Å². The largest absolute Gasteiger partial charge is 0.312 e. The lowest BCUT2D eigenvalue weighted by Gasteiger charge is -2.19.